The van der Waals surface area contributed by atoms with Crippen LogP contribution in [0, 0.1) is 5.82 Å². The first-order valence-electron chi connectivity index (χ1n) is 8.25. The maximum Gasteiger partial charge on any atom is 0.236 e. The highest BCUT2D eigenvalue weighted by molar-refractivity contribution is 8.15. The van der Waals surface area contributed by atoms with Crippen LogP contribution in [0.4, 0.5) is 4.39 Å². The lowest BCUT2D eigenvalue weighted by Crippen LogP contribution is -2.24. The quantitative estimate of drug-likeness (QED) is 0.672. The number of carbonyl (C=O) groups excluding carboxylic acids is 1. The van der Waals surface area contributed by atoms with Crippen molar-refractivity contribution in [3.63, 3.8) is 0 Å². The number of amidine groups is 1. The van der Waals surface area contributed by atoms with Crippen LogP contribution in [0.25, 0.3) is 0 Å². The molecule has 3 rings (SSSR count). The van der Waals surface area contributed by atoms with Crippen molar-refractivity contribution in [3.05, 3.63) is 35.1 Å². The molecule has 1 aromatic carbocycles. The molecule has 2 fully saturated rings. The molecular weight excluding hydrogens is 327 g/mol. The van der Waals surface area contributed by atoms with Crippen LogP contribution in [0.5, 0.6) is 0 Å². The highest BCUT2D eigenvalue weighted by Crippen LogP contribution is 2.16. The van der Waals surface area contributed by atoms with E-state index in [-0.39, 0.29) is 11.7 Å². The predicted molar refractivity (Wildman–Crippen MR) is 95.8 cm³/mol. The number of carbonyl (C=O) groups is 1. The van der Waals surface area contributed by atoms with Crippen molar-refractivity contribution in [1.82, 2.24) is 10.2 Å². The molecule has 0 spiro atoms. The van der Waals surface area contributed by atoms with Crippen molar-refractivity contribution in [1.29, 1.82) is 0 Å². The van der Waals surface area contributed by atoms with E-state index in [1.54, 1.807) is 0 Å². The van der Waals surface area contributed by atoms with Crippen molar-refractivity contribution >= 4 is 29.1 Å². The van der Waals surface area contributed by atoms with E-state index in [1.165, 1.54) is 49.7 Å². The van der Waals surface area contributed by atoms with Crippen LogP contribution < -0.4 is 5.32 Å². The fraction of sp³-hybridized carbons (Fsp3) is 0.471. The smallest absolute Gasteiger partial charge is 0.236 e. The summed E-state index contributed by atoms with van der Waals surface area (Å²) < 4.78 is 14.3. The number of amides is 1. The summed E-state index contributed by atoms with van der Waals surface area (Å²) >= 11 is 1.31. The molecule has 0 aromatic heterocycles. The Bertz CT molecular complexity index is 654. The van der Waals surface area contributed by atoms with Gasteiger partial charge in [0, 0.05) is 12.1 Å². The Kier molecular flexibility index (Phi) is 5.98. The molecule has 1 N–H and O–H groups in total. The molecule has 5 nitrogen and oxygen atoms in total. The molecule has 0 saturated carbocycles. The first-order chi connectivity index (χ1) is 11.7. The molecule has 0 bridgehead atoms. The molecule has 2 aliphatic rings. The van der Waals surface area contributed by atoms with Gasteiger partial charge in [0.15, 0.2) is 5.17 Å². The van der Waals surface area contributed by atoms with E-state index in [4.69, 9.17) is 0 Å². The van der Waals surface area contributed by atoms with Crippen molar-refractivity contribution in [3.8, 4) is 0 Å². The van der Waals surface area contributed by atoms with Crippen LogP contribution in [0.3, 0.4) is 0 Å². The van der Waals surface area contributed by atoms with E-state index in [1.807, 2.05) is 12.1 Å². The Morgan fingerprint density at radius 3 is 2.71 bits per heavy atom. The minimum Gasteiger partial charge on any atom is -0.303 e. The Labute approximate surface area is 145 Å². The molecule has 128 valence electrons. The lowest BCUT2D eigenvalue weighted by atomic mass is 10.1. The van der Waals surface area contributed by atoms with Crippen molar-refractivity contribution in [2.45, 2.75) is 32.2 Å². The number of benzene rings is 1. The van der Waals surface area contributed by atoms with Crippen LogP contribution in [-0.4, -0.2) is 41.0 Å². The number of thioether (sulfide) groups is 1. The van der Waals surface area contributed by atoms with Crippen LogP contribution in [-0.2, 0) is 11.3 Å². The summed E-state index contributed by atoms with van der Waals surface area (Å²) in [4.78, 5) is 13.4. The molecular formula is C17H21FN4OS. The van der Waals surface area contributed by atoms with Crippen LogP contribution >= 0.6 is 11.8 Å². The second kappa shape index (κ2) is 8.39. The standard InChI is InChI=1S/C17H21FN4OS/c18-15-9-13(10-19-21-17-20-16(23)12-24-17)5-6-14(15)11-22-7-3-1-2-4-8-22/h5-6,9-10H,1-4,7-8,11-12H2,(H,20,21,23). The van der Waals surface area contributed by atoms with Gasteiger partial charge in [-0.2, -0.15) is 5.10 Å². The third kappa shape index (κ3) is 4.88. The second-order valence-corrected chi connectivity index (χ2v) is 6.99. The number of nitrogens with one attached hydrogen (secondary N) is 1. The van der Waals surface area contributed by atoms with Crippen LogP contribution in [0.2, 0.25) is 0 Å². The maximum absolute atomic E-state index is 14.3. The van der Waals surface area contributed by atoms with Gasteiger partial charge in [-0.1, -0.05) is 36.7 Å². The molecule has 1 aromatic rings. The number of halogens is 1. The monoisotopic (exact) mass is 348 g/mol. The largest absolute Gasteiger partial charge is 0.303 e. The van der Waals surface area contributed by atoms with Gasteiger partial charge < -0.3 is 5.32 Å². The number of nitrogens with zero attached hydrogens (tertiary/aromatic N) is 3. The number of hydrogen-bond acceptors (Lipinski definition) is 5. The fourth-order valence-electron chi connectivity index (χ4n) is 2.83. The van der Waals surface area contributed by atoms with E-state index in [2.05, 4.69) is 20.4 Å². The van der Waals surface area contributed by atoms with Gasteiger partial charge in [-0.25, -0.2) is 4.39 Å². The highest BCUT2D eigenvalue weighted by Gasteiger charge is 2.16. The van der Waals surface area contributed by atoms with Crippen molar-refractivity contribution < 1.29 is 9.18 Å². The van der Waals surface area contributed by atoms with Gasteiger partial charge in [-0.15, -0.1) is 5.10 Å². The van der Waals surface area contributed by atoms with E-state index in [0.29, 0.717) is 23.0 Å². The molecule has 2 heterocycles. The lowest BCUT2D eigenvalue weighted by Gasteiger charge is -2.20. The zero-order chi connectivity index (χ0) is 16.8. The zero-order valence-corrected chi connectivity index (χ0v) is 14.3. The highest BCUT2D eigenvalue weighted by atomic mass is 32.2. The molecule has 0 atom stereocenters. The number of rotatable bonds is 4. The van der Waals surface area contributed by atoms with Crippen LogP contribution in [0.1, 0.15) is 36.8 Å². The zero-order valence-electron chi connectivity index (χ0n) is 13.5. The summed E-state index contributed by atoms with van der Waals surface area (Å²) in [7, 11) is 0. The summed E-state index contributed by atoms with van der Waals surface area (Å²) in [5, 5.41) is 10.9. The third-order valence-electron chi connectivity index (χ3n) is 4.11. The van der Waals surface area contributed by atoms with Gasteiger partial charge in [0.05, 0.1) is 12.0 Å². The van der Waals surface area contributed by atoms with Gasteiger partial charge in [-0.05, 0) is 37.6 Å². The Hall–Kier alpha value is -1.73. The summed E-state index contributed by atoms with van der Waals surface area (Å²) in [6, 6.07) is 5.15. The van der Waals surface area contributed by atoms with E-state index in [0.717, 1.165) is 18.7 Å². The molecule has 0 radical (unpaired) electrons. The summed E-state index contributed by atoms with van der Waals surface area (Å²) in [6.07, 6.45) is 6.44. The minimum atomic E-state index is -0.209. The first-order valence-corrected chi connectivity index (χ1v) is 9.24. The SMILES string of the molecule is O=C1CSC(=NN=Cc2ccc(CN3CCCCCC3)c(F)c2)N1. The van der Waals surface area contributed by atoms with E-state index in [9.17, 15) is 9.18 Å². The molecule has 2 saturated heterocycles. The fourth-order valence-corrected chi connectivity index (χ4v) is 3.47. The second-order valence-electron chi connectivity index (χ2n) is 6.03. The average molecular weight is 348 g/mol. The minimum absolute atomic E-state index is 0.0714. The van der Waals surface area contributed by atoms with Gasteiger partial charge in [0.25, 0.3) is 0 Å². The molecule has 24 heavy (non-hydrogen) atoms. The average Bonchev–Trinajstić information content (AvgIpc) is 2.82. The van der Waals surface area contributed by atoms with Crippen LogP contribution in [0.15, 0.2) is 28.4 Å². The van der Waals surface area contributed by atoms with Gasteiger partial charge >= 0.3 is 0 Å². The Morgan fingerprint density at radius 1 is 1.25 bits per heavy atom. The van der Waals surface area contributed by atoms with E-state index < -0.39 is 0 Å². The maximum atomic E-state index is 14.3. The molecule has 0 unspecified atom stereocenters. The lowest BCUT2D eigenvalue weighted by molar-refractivity contribution is -0.116. The number of likely N-dealkylation sites (tertiary alicyclic amines) is 1. The summed E-state index contributed by atoms with van der Waals surface area (Å²) in [6.45, 7) is 2.75. The normalized spacial score (nSPS) is 21.4. The van der Waals surface area contributed by atoms with E-state index >= 15 is 0 Å². The molecule has 7 heteroatoms. The Morgan fingerprint density at radius 2 is 2.04 bits per heavy atom. The van der Waals surface area contributed by atoms with Gasteiger partial charge in [0.2, 0.25) is 5.91 Å². The third-order valence-corrected chi connectivity index (χ3v) is 4.98. The topological polar surface area (TPSA) is 57.1 Å². The summed E-state index contributed by atoms with van der Waals surface area (Å²) in [5.74, 6) is 0.0889. The van der Waals surface area contributed by atoms with Crippen molar-refractivity contribution in [2.24, 2.45) is 10.2 Å². The number of hydrogen-bond donors (Lipinski definition) is 1. The Balaban J connectivity index is 1.60. The molecule has 1 amide bonds. The summed E-state index contributed by atoms with van der Waals surface area (Å²) in [5.41, 5.74) is 1.38. The molecule has 0 aliphatic carbocycles. The van der Waals surface area contributed by atoms with Gasteiger partial charge in [0.1, 0.15) is 5.82 Å². The van der Waals surface area contributed by atoms with Gasteiger partial charge in [-0.3, -0.25) is 9.69 Å². The predicted octanol–water partition coefficient (Wildman–Crippen LogP) is 2.75. The first kappa shape index (κ1) is 17.1. The van der Waals surface area contributed by atoms with Crippen molar-refractivity contribution in [2.75, 3.05) is 18.8 Å². The molecule has 2 aliphatic heterocycles.